The topological polar surface area (TPSA) is 88.2 Å². The van der Waals surface area contributed by atoms with Crippen LogP contribution in [0, 0.1) is 11.6 Å². The number of carbonyl (C=O) groups is 1. The largest absolute Gasteiger partial charge is 0.321 e. The van der Waals surface area contributed by atoms with Gasteiger partial charge in [-0.3, -0.25) is 9.78 Å². The van der Waals surface area contributed by atoms with Crippen molar-refractivity contribution in [2.24, 2.45) is 0 Å². The first-order valence-corrected chi connectivity index (χ1v) is 9.99. The summed E-state index contributed by atoms with van der Waals surface area (Å²) in [6, 6.07) is 8.70. The van der Waals surface area contributed by atoms with Crippen molar-refractivity contribution < 1.29 is 22.0 Å². The predicted molar refractivity (Wildman–Crippen MR) is 99.4 cm³/mol. The number of nitrogens with zero attached hydrogens (tertiary/aromatic N) is 1. The van der Waals surface area contributed by atoms with Gasteiger partial charge in [0.2, 0.25) is 10.0 Å². The summed E-state index contributed by atoms with van der Waals surface area (Å²) in [6.07, 6.45) is 2.88. The van der Waals surface area contributed by atoms with E-state index in [9.17, 15) is 22.0 Å². The Morgan fingerprint density at radius 1 is 1.11 bits per heavy atom. The molecule has 0 saturated heterocycles. The Balaban J connectivity index is 1.64. The van der Waals surface area contributed by atoms with Crippen molar-refractivity contribution in [1.29, 1.82) is 0 Å². The Morgan fingerprint density at radius 2 is 1.89 bits per heavy atom. The average molecular weight is 403 g/mol. The maximum absolute atomic E-state index is 13.9. The number of benzene rings is 2. The molecule has 28 heavy (non-hydrogen) atoms. The van der Waals surface area contributed by atoms with Crippen LogP contribution in [0.15, 0.2) is 53.6 Å². The molecule has 1 aromatic heterocycles. The fourth-order valence-electron chi connectivity index (χ4n) is 2.78. The number of anilines is 1. The third kappa shape index (κ3) is 3.71. The lowest BCUT2D eigenvalue weighted by molar-refractivity contribution is 0.102. The van der Waals surface area contributed by atoms with Crippen molar-refractivity contribution >= 4 is 32.5 Å². The third-order valence-corrected chi connectivity index (χ3v) is 5.84. The molecule has 0 atom stereocenters. The second-order valence-electron chi connectivity index (χ2n) is 6.52. The van der Waals surface area contributed by atoms with Gasteiger partial charge in [-0.1, -0.05) is 6.07 Å². The van der Waals surface area contributed by atoms with Gasteiger partial charge >= 0.3 is 0 Å². The van der Waals surface area contributed by atoms with Crippen molar-refractivity contribution in [3.8, 4) is 0 Å². The lowest BCUT2D eigenvalue weighted by atomic mass is 10.1. The van der Waals surface area contributed by atoms with Gasteiger partial charge in [0.25, 0.3) is 5.91 Å². The van der Waals surface area contributed by atoms with Gasteiger partial charge in [0, 0.05) is 29.3 Å². The molecule has 2 aromatic carbocycles. The molecule has 0 unspecified atom stereocenters. The van der Waals surface area contributed by atoms with Crippen LogP contribution < -0.4 is 10.0 Å². The molecule has 9 heteroatoms. The number of rotatable bonds is 5. The molecule has 1 aliphatic carbocycles. The van der Waals surface area contributed by atoms with E-state index in [0.717, 1.165) is 18.9 Å². The van der Waals surface area contributed by atoms with Gasteiger partial charge < -0.3 is 5.32 Å². The summed E-state index contributed by atoms with van der Waals surface area (Å²) in [4.78, 5) is 16.4. The van der Waals surface area contributed by atoms with Crippen LogP contribution in [-0.2, 0) is 10.0 Å². The predicted octanol–water partition coefficient (Wildman–Crippen LogP) is 3.21. The summed E-state index contributed by atoms with van der Waals surface area (Å²) in [6.45, 7) is 0. The summed E-state index contributed by atoms with van der Waals surface area (Å²) in [5.74, 6) is -2.25. The molecule has 0 bridgehead atoms. The molecule has 0 aliphatic heterocycles. The van der Waals surface area contributed by atoms with E-state index in [1.165, 1.54) is 36.5 Å². The van der Waals surface area contributed by atoms with E-state index in [1.807, 2.05) is 0 Å². The lowest BCUT2D eigenvalue weighted by Crippen LogP contribution is -2.26. The van der Waals surface area contributed by atoms with Gasteiger partial charge in [-0.25, -0.2) is 21.9 Å². The van der Waals surface area contributed by atoms with Crippen molar-refractivity contribution in [2.75, 3.05) is 5.32 Å². The molecule has 144 valence electrons. The zero-order valence-corrected chi connectivity index (χ0v) is 15.3. The number of pyridine rings is 1. The minimum absolute atomic E-state index is 0.0243. The first kappa shape index (κ1) is 18.5. The molecule has 1 heterocycles. The number of aromatic nitrogens is 1. The van der Waals surface area contributed by atoms with Gasteiger partial charge in [0.15, 0.2) is 5.82 Å². The molecule has 1 amide bonds. The van der Waals surface area contributed by atoms with Crippen LogP contribution in [0.1, 0.15) is 23.2 Å². The Morgan fingerprint density at radius 3 is 2.64 bits per heavy atom. The Bertz CT molecular complexity index is 1190. The van der Waals surface area contributed by atoms with Crippen LogP contribution >= 0.6 is 0 Å². The first-order valence-electron chi connectivity index (χ1n) is 8.51. The van der Waals surface area contributed by atoms with Crippen LogP contribution in [0.2, 0.25) is 0 Å². The Labute approximate surface area is 159 Å². The summed E-state index contributed by atoms with van der Waals surface area (Å²) >= 11 is 0. The van der Waals surface area contributed by atoms with Gasteiger partial charge in [-0.05, 0) is 43.2 Å². The average Bonchev–Trinajstić information content (AvgIpc) is 3.46. The lowest BCUT2D eigenvalue weighted by Gasteiger charge is -2.10. The first-order chi connectivity index (χ1) is 13.3. The normalized spacial score (nSPS) is 14.2. The van der Waals surface area contributed by atoms with Crippen molar-refractivity contribution in [2.45, 2.75) is 23.8 Å². The van der Waals surface area contributed by atoms with Crippen LogP contribution in [0.3, 0.4) is 0 Å². The molecule has 0 spiro atoms. The summed E-state index contributed by atoms with van der Waals surface area (Å²) in [5, 5.41) is 2.66. The molecule has 3 aromatic rings. The van der Waals surface area contributed by atoms with Crippen LogP contribution in [0.4, 0.5) is 14.5 Å². The number of carbonyl (C=O) groups excluding carboxylic acids is 1. The van der Waals surface area contributed by atoms with E-state index in [-0.39, 0.29) is 33.1 Å². The van der Waals surface area contributed by atoms with E-state index in [2.05, 4.69) is 15.0 Å². The molecule has 2 N–H and O–H groups in total. The molecule has 0 radical (unpaired) electrons. The molecule has 1 saturated carbocycles. The fraction of sp³-hybridized carbons (Fsp3) is 0.158. The van der Waals surface area contributed by atoms with Crippen LogP contribution in [0.5, 0.6) is 0 Å². The van der Waals surface area contributed by atoms with Crippen LogP contribution in [-0.4, -0.2) is 25.4 Å². The van der Waals surface area contributed by atoms with Crippen LogP contribution in [0.25, 0.3) is 10.9 Å². The molecular weight excluding hydrogens is 388 g/mol. The van der Waals surface area contributed by atoms with Gasteiger partial charge in [-0.15, -0.1) is 0 Å². The minimum Gasteiger partial charge on any atom is -0.321 e. The highest BCUT2D eigenvalue weighted by Crippen LogP contribution is 2.26. The number of sulfonamides is 1. The summed E-state index contributed by atoms with van der Waals surface area (Å²) in [7, 11) is -3.71. The van der Waals surface area contributed by atoms with E-state index in [4.69, 9.17) is 0 Å². The second-order valence-corrected chi connectivity index (χ2v) is 8.23. The fourth-order valence-corrected chi connectivity index (χ4v) is 4.13. The highest BCUT2D eigenvalue weighted by atomic mass is 32.2. The van der Waals surface area contributed by atoms with E-state index >= 15 is 0 Å². The second kappa shape index (κ2) is 6.92. The van der Waals surface area contributed by atoms with Crippen molar-refractivity contribution in [3.63, 3.8) is 0 Å². The van der Waals surface area contributed by atoms with E-state index in [0.29, 0.717) is 6.07 Å². The standard InChI is InChI=1S/C19H15F2N3O3S/c20-12-9-15-17(6-7-22-18(15)16(21)10-12)23-19(25)11-2-1-3-14(8-11)28(26,27)24-13-4-5-13/h1-3,6-10,13,24H,4-5H2,(H,22,23,25). The number of hydrogen-bond donors (Lipinski definition) is 2. The summed E-state index contributed by atoms with van der Waals surface area (Å²) < 4.78 is 54.7. The molecule has 6 nitrogen and oxygen atoms in total. The highest BCUT2D eigenvalue weighted by Gasteiger charge is 2.28. The highest BCUT2D eigenvalue weighted by molar-refractivity contribution is 7.89. The monoisotopic (exact) mass is 403 g/mol. The minimum atomic E-state index is -3.71. The number of halogens is 2. The third-order valence-electron chi connectivity index (χ3n) is 4.32. The van der Waals surface area contributed by atoms with Gasteiger partial charge in [-0.2, -0.15) is 0 Å². The SMILES string of the molecule is O=C(Nc1ccnc2c(F)cc(F)cc12)c1cccc(S(=O)(=O)NC2CC2)c1. The molecule has 4 rings (SSSR count). The van der Waals surface area contributed by atoms with E-state index in [1.54, 1.807) is 0 Å². The zero-order valence-electron chi connectivity index (χ0n) is 14.4. The molecule has 1 fully saturated rings. The van der Waals surface area contributed by atoms with Crippen molar-refractivity contribution in [1.82, 2.24) is 9.71 Å². The number of hydrogen-bond acceptors (Lipinski definition) is 4. The molecule has 1 aliphatic rings. The van der Waals surface area contributed by atoms with Gasteiger partial charge in [0.05, 0.1) is 10.6 Å². The Hall–Kier alpha value is -2.91. The number of amides is 1. The smallest absolute Gasteiger partial charge is 0.255 e. The maximum atomic E-state index is 13.9. The number of nitrogens with one attached hydrogen (secondary N) is 2. The zero-order chi connectivity index (χ0) is 19.9. The Kier molecular flexibility index (Phi) is 4.56. The number of fused-ring (bicyclic) bond motifs is 1. The summed E-state index contributed by atoms with van der Waals surface area (Å²) in [5.41, 5.74) is 0.183. The molecular formula is C19H15F2N3O3S. The van der Waals surface area contributed by atoms with E-state index < -0.39 is 27.6 Å². The quantitative estimate of drug-likeness (QED) is 0.685. The van der Waals surface area contributed by atoms with Gasteiger partial charge in [0.1, 0.15) is 11.3 Å². The maximum Gasteiger partial charge on any atom is 0.255 e. The van der Waals surface area contributed by atoms with Crippen molar-refractivity contribution in [3.05, 3.63) is 65.9 Å².